The molecular weight excluding hydrogens is 416 g/mol. The van der Waals surface area contributed by atoms with Crippen LogP contribution in [0.5, 0.6) is 0 Å². The highest BCUT2D eigenvalue weighted by Gasteiger charge is 2.33. The molecule has 1 N–H and O–H groups in total. The van der Waals surface area contributed by atoms with E-state index in [1.165, 1.54) is 0 Å². The van der Waals surface area contributed by atoms with Gasteiger partial charge in [-0.05, 0) is 62.6 Å². The van der Waals surface area contributed by atoms with Gasteiger partial charge in [0.1, 0.15) is 5.82 Å². The van der Waals surface area contributed by atoms with Crippen molar-refractivity contribution >= 4 is 35.9 Å². The SMILES string of the molecule is CC(=O)N1c2ccc(-c3ccc(N(C)C)nc3)cc2[C@H](NC(=O)OC(C)C)C[C@@H]1C.Cl. The zero-order valence-corrected chi connectivity index (χ0v) is 19.7. The van der Waals surface area contributed by atoms with Crippen LogP contribution in [0, 0.1) is 0 Å². The third-order valence-corrected chi connectivity index (χ3v) is 5.19. The molecule has 2 aromatic rings. The number of hydrogen-bond donors (Lipinski definition) is 1. The van der Waals surface area contributed by atoms with Gasteiger partial charge in [-0.3, -0.25) is 4.79 Å². The minimum atomic E-state index is -0.452. The highest BCUT2D eigenvalue weighted by molar-refractivity contribution is 5.94. The second-order valence-corrected chi connectivity index (χ2v) is 8.20. The average molecular weight is 447 g/mol. The number of hydrogen-bond acceptors (Lipinski definition) is 5. The van der Waals surface area contributed by atoms with Gasteiger partial charge in [0.2, 0.25) is 5.91 Å². The normalized spacial score (nSPS) is 17.5. The van der Waals surface area contributed by atoms with E-state index in [-0.39, 0.29) is 36.5 Å². The van der Waals surface area contributed by atoms with Crippen molar-refractivity contribution in [3.63, 3.8) is 0 Å². The van der Waals surface area contributed by atoms with Crippen LogP contribution < -0.4 is 15.1 Å². The molecule has 0 unspecified atom stereocenters. The molecule has 1 aliphatic rings. The summed E-state index contributed by atoms with van der Waals surface area (Å²) < 4.78 is 5.28. The third-order valence-electron chi connectivity index (χ3n) is 5.19. The molecule has 0 aliphatic carbocycles. The summed E-state index contributed by atoms with van der Waals surface area (Å²) in [5, 5.41) is 2.98. The minimum absolute atomic E-state index is 0. The van der Waals surface area contributed by atoms with Gasteiger partial charge in [0.25, 0.3) is 0 Å². The summed E-state index contributed by atoms with van der Waals surface area (Å²) in [7, 11) is 3.90. The smallest absolute Gasteiger partial charge is 0.407 e. The van der Waals surface area contributed by atoms with Crippen LogP contribution in [0.1, 0.15) is 45.7 Å². The minimum Gasteiger partial charge on any atom is -0.447 e. The fourth-order valence-corrected chi connectivity index (χ4v) is 3.87. The number of nitrogens with one attached hydrogen (secondary N) is 1. The van der Waals surface area contributed by atoms with Crippen LogP contribution in [0.2, 0.25) is 0 Å². The van der Waals surface area contributed by atoms with E-state index in [1.807, 2.05) is 76.3 Å². The Morgan fingerprint density at radius 1 is 1.19 bits per heavy atom. The van der Waals surface area contributed by atoms with Gasteiger partial charge >= 0.3 is 6.09 Å². The molecule has 2 heterocycles. The molecule has 31 heavy (non-hydrogen) atoms. The number of benzene rings is 1. The Balaban J connectivity index is 0.00000341. The lowest BCUT2D eigenvalue weighted by molar-refractivity contribution is -0.117. The lowest BCUT2D eigenvalue weighted by Gasteiger charge is -2.39. The molecule has 168 valence electrons. The summed E-state index contributed by atoms with van der Waals surface area (Å²) in [4.78, 5) is 32.8. The molecule has 2 atom stereocenters. The maximum atomic E-state index is 12.3. The average Bonchev–Trinajstić information content (AvgIpc) is 2.66. The van der Waals surface area contributed by atoms with Crippen LogP contribution in [-0.4, -0.2) is 43.2 Å². The van der Waals surface area contributed by atoms with Crippen molar-refractivity contribution in [1.29, 1.82) is 0 Å². The molecule has 1 aromatic heterocycles. The summed E-state index contributed by atoms with van der Waals surface area (Å²) in [6.45, 7) is 7.19. The van der Waals surface area contributed by atoms with E-state index in [0.717, 1.165) is 28.2 Å². The Morgan fingerprint density at radius 2 is 1.87 bits per heavy atom. The summed E-state index contributed by atoms with van der Waals surface area (Å²) in [5.74, 6) is 0.862. The number of nitrogens with zero attached hydrogens (tertiary/aromatic N) is 3. The number of aromatic nitrogens is 1. The Hall–Kier alpha value is -2.80. The predicted molar refractivity (Wildman–Crippen MR) is 126 cm³/mol. The summed E-state index contributed by atoms with van der Waals surface area (Å²) in [6, 6.07) is 9.68. The van der Waals surface area contributed by atoms with E-state index in [1.54, 1.807) is 11.8 Å². The van der Waals surface area contributed by atoms with Crippen LogP contribution in [-0.2, 0) is 9.53 Å². The van der Waals surface area contributed by atoms with Crippen molar-refractivity contribution in [2.24, 2.45) is 0 Å². The van der Waals surface area contributed by atoms with Crippen molar-refractivity contribution in [3.05, 3.63) is 42.1 Å². The van der Waals surface area contributed by atoms with E-state index < -0.39 is 6.09 Å². The second-order valence-electron chi connectivity index (χ2n) is 8.20. The van der Waals surface area contributed by atoms with Gasteiger partial charge < -0.3 is 19.9 Å². The van der Waals surface area contributed by atoms with Crippen molar-refractivity contribution < 1.29 is 14.3 Å². The van der Waals surface area contributed by atoms with Crippen LogP contribution >= 0.6 is 12.4 Å². The van der Waals surface area contributed by atoms with E-state index in [0.29, 0.717) is 6.42 Å². The molecule has 2 amide bonds. The fraction of sp³-hybridized carbons (Fsp3) is 0.435. The summed E-state index contributed by atoms with van der Waals surface area (Å²) in [6.07, 6.45) is 1.79. The molecule has 0 radical (unpaired) electrons. The number of amides is 2. The van der Waals surface area contributed by atoms with E-state index in [9.17, 15) is 9.59 Å². The summed E-state index contributed by atoms with van der Waals surface area (Å²) in [5.41, 5.74) is 3.67. The topological polar surface area (TPSA) is 74.8 Å². The number of anilines is 2. The first-order valence-corrected chi connectivity index (χ1v) is 10.2. The zero-order chi connectivity index (χ0) is 22.0. The molecule has 0 saturated carbocycles. The number of halogens is 1. The molecule has 8 heteroatoms. The Kier molecular flexibility index (Phi) is 7.90. The van der Waals surface area contributed by atoms with Gasteiger partial charge in [-0.2, -0.15) is 0 Å². The monoisotopic (exact) mass is 446 g/mol. The van der Waals surface area contributed by atoms with E-state index >= 15 is 0 Å². The number of alkyl carbamates (subject to hydrolysis) is 1. The van der Waals surface area contributed by atoms with Gasteiger partial charge in [-0.1, -0.05) is 6.07 Å². The van der Waals surface area contributed by atoms with Crippen molar-refractivity contribution in [2.45, 2.75) is 52.3 Å². The maximum Gasteiger partial charge on any atom is 0.407 e. The second kappa shape index (κ2) is 10.0. The number of carbonyl (C=O) groups excluding carboxylic acids is 2. The van der Waals surface area contributed by atoms with Gasteiger partial charge in [0, 0.05) is 44.5 Å². The van der Waals surface area contributed by atoms with Gasteiger partial charge in [0.05, 0.1) is 12.1 Å². The van der Waals surface area contributed by atoms with Crippen molar-refractivity contribution in [2.75, 3.05) is 23.9 Å². The first kappa shape index (κ1) is 24.5. The molecular formula is C23H31ClN4O3. The number of rotatable bonds is 4. The maximum absolute atomic E-state index is 12.3. The molecule has 3 rings (SSSR count). The summed E-state index contributed by atoms with van der Waals surface area (Å²) >= 11 is 0. The molecule has 0 fully saturated rings. The largest absolute Gasteiger partial charge is 0.447 e. The molecule has 0 saturated heterocycles. The number of pyridine rings is 1. The third kappa shape index (κ3) is 5.47. The first-order chi connectivity index (χ1) is 14.2. The van der Waals surface area contributed by atoms with Crippen LogP contribution in [0.15, 0.2) is 36.5 Å². The van der Waals surface area contributed by atoms with E-state index in [2.05, 4.69) is 10.3 Å². The van der Waals surface area contributed by atoms with Crippen LogP contribution in [0.4, 0.5) is 16.3 Å². The quantitative estimate of drug-likeness (QED) is 0.745. The number of fused-ring (bicyclic) bond motifs is 1. The molecule has 1 aromatic carbocycles. The molecule has 0 bridgehead atoms. The van der Waals surface area contributed by atoms with Gasteiger partial charge in [-0.25, -0.2) is 9.78 Å². The van der Waals surface area contributed by atoms with Gasteiger partial charge in [0.15, 0.2) is 0 Å². The molecule has 0 spiro atoms. The lowest BCUT2D eigenvalue weighted by atomic mass is 9.89. The zero-order valence-electron chi connectivity index (χ0n) is 18.9. The molecule has 1 aliphatic heterocycles. The fourth-order valence-electron chi connectivity index (χ4n) is 3.87. The van der Waals surface area contributed by atoms with Crippen LogP contribution in [0.3, 0.4) is 0 Å². The Labute approximate surface area is 190 Å². The predicted octanol–water partition coefficient (Wildman–Crippen LogP) is 4.56. The first-order valence-electron chi connectivity index (χ1n) is 10.2. The van der Waals surface area contributed by atoms with Crippen molar-refractivity contribution in [1.82, 2.24) is 10.3 Å². The number of carbonyl (C=O) groups is 2. The highest BCUT2D eigenvalue weighted by Crippen LogP contribution is 2.39. The van der Waals surface area contributed by atoms with Gasteiger partial charge in [-0.15, -0.1) is 12.4 Å². The van der Waals surface area contributed by atoms with E-state index in [4.69, 9.17) is 4.74 Å². The Bertz CT molecular complexity index is 931. The highest BCUT2D eigenvalue weighted by atomic mass is 35.5. The van der Waals surface area contributed by atoms with Crippen LogP contribution in [0.25, 0.3) is 11.1 Å². The lowest BCUT2D eigenvalue weighted by Crippen LogP contribution is -2.45. The number of ether oxygens (including phenoxy) is 1. The van der Waals surface area contributed by atoms with Crippen molar-refractivity contribution in [3.8, 4) is 11.1 Å². The Morgan fingerprint density at radius 3 is 2.42 bits per heavy atom. The molecule has 7 nitrogen and oxygen atoms in total. The standard InChI is InChI=1S/C23H30N4O3.ClH/c1-14(2)30-23(29)25-20-11-15(3)27(16(4)28)21-9-7-17(12-19(20)21)18-8-10-22(24-13-18)26(5)6;/h7-10,12-15,20H,11H2,1-6H3,(H,25,29);1H/t15-,20+;/m0./s1.